The van der Waals surface area contributed by atoms with E-state index >= 15 is 0 Å². The molecule has 0 amide bonds. The molecule has 0 saturated carbocycles. The van der Waals surface area contributed by atoms with Gasteiger partial charge < -0.3 is 4.57 Å². The van der Waals surface area contributed by atoms with Crippen LogP contribution < -0.4 is 10.9 Å². The van der Waals surface area contributed by atoms with Crippen LogP contribution in [-0.2, 0) is 7.05 Å². The molecule has 4 nitrogen and oxygen atoms in total. The van der Waals surface area contributed by atoms with Crippen molar-refractivity contribution in [2.45, 2.75) is 0 Å². The monoisotopic (exact) mass is 284 g/mol. The SMILES string of the molecule is Cn1ccccc1=NNc1ccnc2cc(Cl)ccc12. The molecule has 0 saturated heterocycles. The fraction of sp³-hybridized carbons (Fsp3) is 0.0667. The highest BCUT2D eigenvalue weighted by Gasteiger charge is 2.01. The van der Waals surface area contributed by atoms with Crippen LogP contribution in [0.1, 0.15) is 0 Å². The lowest BCUT2D eigenvalue weighted by Gasteiger charge is -2.06. The highest BCUT2D eigenvalue weighted by molar-refractivity contribution is 6.31. The van der Waals surface area contributed by atoms with Crippen molar-refractivity contribution < 1.29 is 0 Å². The molecule has 0 fully saturated rings. The third-order valence-electron chi connectivity index (χ3n) is 3.02. The lowest BCUT2D eigenvalue weighted by atomic mass is 10.2. The number of hydrogen-bond acceptors (Lipinski definition) is 3. The van der Waals surface area contributed by atoms with E-state index in [-0.39, 0.29) is 0 Å². The summed E-state index contributed by atoms with van der Waals surface area (Å²) in [5.74, 6) is 0. The van der Waals surface area contributed by atoms with Gasteiger partial charge in [-0.3, -0.25) is 10.4 Å². The number of halogens is 1. The molecule has 0 aliphatic carbocycles. The van der Waals surface area contributed by atoms with E-state index < -0.39 is 0 Å². The van der Waals surface area contributed by atoms with Gasteiger partial charge in [0.15, 0.2) is 5.49 Å². The van der Waals surface area contributed by atoms with Crippen LogP contribution in [0.4, 0.5) is 5.69 Å². The second kappa shape index (κ2) is 5.35. The number of aryl methyl sites for hydroxylation is 1. The van der Waals surface area contributed by atoms with E-state index in [0.717, 1.165) is 22.1 Å². The minimum atomic E-state index is 0.675. The molecule has 0 aliphatic heterocycles. The Hall–Kier alpha value is -2.33. The van der Waals surface area contributed by atoms with Gasteiger partial charge in [0.1, 0.15) is 0 Å². The van der Waals surface area contributed by atoms with Crippen LogP contribution in [0.5, 0.6) is 0 Å². The fourth-order valence-corrected chi connectivity index (χ4v) is 2.13. The fourth-order valence-electron chi connectivity index (χ4n) is 1.97. The summed E-state index contributed by atoms with van der Waals surface area (Å²) in [4.78, 5) is 4.30. The second-order valence-corrected chi connectivity index (χ2v) is 4.85. The van der Waals surface area contributed by atoms with E-state index in [9.17, 15) is 0 Å². The molecule has 0 unspecified atom stereocenters. The van der Waals surface area contributed by atoms with Gasteiger partial charge in [-0.1, -0.05) is 17.7 Å². The molecule has 0 aliphatic rings. The quantitative estimate of drug-likeness (QED) is 0.735. The molecule has 100 valence electrons. The van der Waals surface area contributed by atoms with E-state index in [1.54, 1.807) is 6.20 Å². The molecule has 0 radical (unpaired) electrons. The Morgan fingerprint density at radius 1 is 1.20 bits per heavy atom. The van der Waals surface area contributed by atoms with Crippen LogP contribution in [0.3, 0.4) is 0 Å². The van der Waals surface area contributed by atoms with Crippen molar-refractivity contribution in [2.75, 3.05) is 5.43 Å². The molecular weight excluding hydrogens is 272 g/mol. The first-order chi connectivity index (χ1) is 9.74. The van der Waals surface area contributed by atoms with Crippen molar-refractivity contribution in [3.63, 3.8) is 0 Å². The minimum absolute atomic E-state index is 0.675. The summed E-state index contributed by atoms with van der Waals surface area (Å²) >= 11 is 5.98. The van der Waals surface area contributed by atoms with Gasteiger partial charge in [0.05, 0.1) is 11.2 Å². The topological polar surface area (TPSA) is 42.2 Å². The van der Waals surface area contributed by atoms with Crippen LogP contribution in [0.25, 0.3) is 10.9 Å². The number of anilines is 1. The van der Waals surface area contributed by atoms with E-state index in [0.29, 0.717) is 5.02 Å². The first kappa shape index (κ1) is 12.7. The van der Waals surface area contributed by atoms with Crippen molar-refractivity contribution in [1.29, 1.82) is 0 Å². The first-order valence-electron chi connectivity index (χ1n) is 6.20. The predicted octanol–water partition coefficient (Wildman–Crippen LogP) is 3.15. The van der Waals surface area contributed by atoms with E-state index in [1.165, 1.54) is 0 Å². The zero-order valence-electron chi connectivity index (χ0n) is 10.9. The Bertz CT molecular complexity index is 823. The molecule has 20 heavy (non-hydrogen) atoms. The Morgan fingerprint density at radius 2 is 2.10 bits per heavy atom. The molecule has 5 heteroatoms. The Kier molecular flexibility index (Phi) is 3.39. The van der Waals surface area contributed by atoms with Gasteiger partial charge in [0, 0.05) is 29.9 Å². The van der Waals surface area contributed by atoms with Gasteiger partial charge in [-0.15, -0.1) is 0 Å². The van der Waals surface area contributed by atoms with Crippen LogP contribution in [0.15, 0.2) is 60.0 Å². The van der Waals surface area contributed by atoms with Gasteiger partial charge in [0.25, 0.3) is 0 Å². The molecule has 2 aromatic heterocycles. The Balaban J connectivity index is 2.04. The van der Waals surface area contributed by atoms with E-state index in [4.69, 9.17) is 11.6 Å². The third kappa shape index (κ3) is 2.51. The van der Waals surface area contributed by atoms with Gasteiger partial charge in [0.2, 0.25) is 0 Å². The summed E-state index contributed by atoms with van der Waals surface area (Å²) in [6, 6.07) is 13.4. The number of rotatable bonds is 2. The normalized spacial score (nSPS) is 11.8. The second-order valence-electron chi connectivity index (χ2n) is 4.41. The van der Waals surface area contributed by atoms with Crippen LogP contribution in [0, 0.1) is 0 Å². The molecule has 3 aromatic rings. The number of benzene rings is 1. The van der Waals surface area contributed by atoms with Crippen molar-refractivity contribution in [3.05, 3.63) is 65.4 Å². The van der Waals surface area contributed by atoms with Crippen molar-refractivity contribution in [3.8, 4) is 0 Å². The average molecular weight is 285 g/mol. The highest BCUT2D eigenvalue weighted by Crippen LogP contribution is 2.24. The number of hydrogen-bond donors (Lipinski definition) is 1. The summed E-state index contributed by atoms with van der Waals surface area (Å²) in [6.07, 6.45) is 3.69. The molecule has 2 heterocycles. The summed E-state index contributed by atoms with van der Waals surface area (Å²) in [5.41, 5.74) is 5.67. The van der Waals surface area contributed by atoms with Crippen molar-refractivity contribution >= 4 is 28.2 Å². The summed E-state index contributed by atoms with van der Waals surface area (Å²) in [5, 5.41) is 6.06. The number of pyridine rings is 2. The van der Waals surface area contributed by atoms with Gasteiger partial charge in [-0.2, -0.15) is 5.10 Å². The molecule has 1 N–H and O–H groups in total. The smallest absolute Gasteiger partial charge is 0.152 e. The number of aromatic nitrogens is 2. The zero-order chi connectivity index (χ0) is 13.9. The van der Waals surface area contributed by atoms with Crippen molar-refractivity contribution in [2.24, 2.45) is 12.1 Å². The lowest BCUT2D eigenvalue weighted by Crippen LogP contribution is -2.17. The lowest BCUT2D eigenvalue weighted by molar-refractivity contribution is 0.825. The van der Waals surface area contributed by atoms with Crippen LogP contribution in [0.2, 0.25) is 5.02 Å². The maximum absolute atomic E-state index is 5.98. The van der Waals surface area contributed by atoms with E-state index in [1.807, 2.05) is 60.3 Å². The molecule has 0 atom stereocenters. The summed E-state index contributed by atoms with van der Waals surface area (Å²) in [6.45, 7) is 0. The maximum atomic E-state index is 5.98. The third-order valence-corrected chi connectivity index (χ3v) is 3.26. The first-order valence-corrected chi connectivity index (χ1v) is 6.57. The number of fused-ring (bicyclic) bond motifs is 1. The molecule has 0 spiro atoms. The van der Waals surface area contributed by atoms with Crippen LogP contribution >= 0.6 is 11.6 Å². The number of nitrogens with zero attached hydrogens (tertiary/aromatic N) is 3. The molecule has 3 rings (SSSR count). The largest absolute Gasteiger partial charge is 0.335 e. The Morgan fingerprint density at radius 3 is 2.95 bits per heavy atom. The minimum Gasteiger partial charge on any atom is -0.335 e. The highest BCUT2D eigenvalue weighted by atomic mass is 35.5. The summed E-state index contributed by atoms with van der Waals surface area (Å²) in [7, 11) is 1.95. The molecular formula is C15H13ClN4. The predicted molar refractivity (Wildman–Crippen MR) is 81.4 cm³/mol. The van der Waals surface area contributed by atoms with Crippen LogP contribution in [-0.4, -0.2) is 9.55 Å². The zero-order valence-corrected chi connectivity index (χ0v) is 11.7. The standard InChI is InChI=1S/C15H13ClN4/c1-20-9-3-2-4-15(20)19-18-13-7-8-17-14-10-11(16)5-6-12(13)14/h2-10H,1H3,(H,17,18). The maximum Gasteiger partial charge on any atom is 0.152 e. The molecule has 1 aromatic carbocycles. The average Bonchev–Trinajstić information content (AvgIpc) is 2.46. The molecule has 0 bridgehead atoms. The number of nitrogens with one attached hydrogen (secondary N) is 1. The Labute approximate surface area is 121 Å². The van der Waals surface area contributed by atoms with Crippen molar-refractivity contribution in [1.82, 2.24) is 9.55 Å². The summed E-state index contributed by atoms with van der Waals surface area (Å²) < 4.78 is 1.94. The van der Waals surface area contributed by atoms with E-state index in [2.05, 4.69) is 15.5 Å². The van der Waals surface area contributed by atoms with Gasteiger partial charge in [-0.05, 0) is 36.4 Å². The van der Waals surface area contributed by atoms with Gasteiger partial charge >= 0.3 is 0 Å². The van der Waals surface area contributed by atoms with Gasteiger partial charge in [-0.25, -0.2) is 0 Å².